The largest absolute Gasteiger partial charge is 0.363 e. The Morgan fingerprint density at radius 3 is 2.92 bits per heavy atom. The van der Waals surface area contributed by atoms with Crippen LogP contribution in [0.2, 0.25) is 0 Å². The molecule has 26 heavy (non-hydrogen) atoms. The molecular formula is C19H18N4OS2. The standard InChI is InChI=1S/C19H18N4OS2/c1-2-5-13(6-3-1)17-22-15(12-25-17)14-7-9-20-18(23-14)21-11-16-19(26-16)8-4-10-24-19/h1-3,5-7,9,12,16H,4,8,10-11H2,(H,20,21,23)/t16-,19?/m1/s1. The number of benzene rings is 1. The molecule has 1 N–H and O–H groups in total. The molecule has 0 aliphatic carbocycles. The van der Waals surface area contributed by atoms with Crippen molar-refractivity contribution in [3.8, 4) is 22.0 Å². The second-order valence-electron chi connectivity index (χ2n) is 6.42. The van der Waals surface area contributed by atoms with Crippen LogP contribution in [-0.2, 0) is 4.74 Å². The summed E-state index contributed by atoms with van der Waals surface area (Å²) in [5, 5.41) is 6.91. The number of ether oxygens (including phenoxy) is 1. The van der Waals surface area contributed by atoms with Crippen LogP contribution in [0.25, 0.3) is 22.0 Å². The first kappa shape index (κ1) is 16.2. The maximum Gasteiger partial charge on any atom is 0.223 e. The van der Waals surface area contributed by atoms with Crippen LogP contribution in [0, 0.1) is 0 Å². The number of hydrogen-bond acceptors (Lipinski definition) is 7. The Hall–Kier alpha value is -1.96. The fourth-order valence-electron chi connectivity index (χ4n) is 3.26. The topological polar surface area (TPSA) is 59.9 Å². The number of anilines is 1. The molecule has 2 aliphatic heterocycles. The van der Waals surface area contributed by atoms with Crippen molar-refractivity contribution in [2.45, 2.75) is 23.0 Å². The van der Waals surface area contributed by atoms with E-state index in [9.17, 15) is 0 Å². The summed E-state index contributed by atoms with van der Waals surface area (Å²) < 4.78 is 5.86. The van der Waals surface area contributed by atoms with E-state index in [1.54, 1.807) is 17.5 Å². The molecule has 2 saturated heterocycles. The number of nitrogens with one attached hydrogen (secondary N) is 1. The third-order valence-corrected chi connectivity index (χ3v) is 7.15. The van der Waals surface area contributed by atoms with Gasteiger partial charge in [-0.15, -0.1) is 23.1 Å². The van der Waals surface area contributed by atoms with Gasteiger partial charge in [0.1, 0.15) is 15.6 Å². The average Bonchev–Trinajstić information content (AvgIpc) is 3.06. The van der Waals surface area contributed by atoms with Crippen molar-refractivity contribution in [1.29, 1.82) is 0 Å². The summed E-state index contributed by atoms with van der Waals surface area (Å²) in [7, 11) is 0. The number of rotatable bonds is 5. The number of aromatic nitrogens is 3. The Bertz CT molecular complexity index is 909. The second kappa shape index (κ2) is 6.64. The maximum absolute atomic E-state index is 5.86. The minimum atomic E-state index is 0.0735. The molecule has 0 bridgehead atoms. The number of hydrogen-bond donors (Lipinski definition) is 1. The summed E-state index contributed by atoms with van der Waals surface area (Å²) in [6.45, 7) is 1.73. The third-order valence-electron chi connectivity index (χ3n) is 4.68. The molecule has 7 heteroatoms. The molecule has 0 amide bonds. The molecule has 4 heterocycles. The van der Waals surface area contributed by atoms with E-state index in [1.807, 2.05) is 41.4 Å². The Morgan fingerprint density at radius 2 is 2.08 bits per heavy atom. The van der Waals surface area contributed by atoms with Crippen molar-refractivity contribution in [3.05, 3.63) is 48.0 Å². The zero-order valence-corrected chi connectivity index (χ0v) is 15.7. The molecule has 5 rings (SSSR count). The van der Waals surface area contributed by atoms with Crippen LogP contribution < -0.4 is 5.32 Å². The Morgan fingerprint density at radius 1 is 1.15 bits per heavy atom. The molecule has 0 saturated carbocycles. The molecule has 132 valence electrons. The van der Waals surface area contributed by atoms with E-state index in [4.69, 9.17) is 9.72 Å². The molecule has 1 aromatic carbocycles. The zero-order chi connectivity index (χ0) is 17.4. The van der Waals surface area contributed by atoms with Crippen LogP contribution in [0.15, 0.2) is 48.0 Å². The molecule has 1 unspecified atom stereocenters. The van der Waals surface area contributed by atoms with Gasteiger partial charge in [-0.2, -0.15) is 0 Å². The van der Waals surface area contributed by atoms with Crippen molar-refractivity contribution in [2.75, 3.05) is 18.5 Å². The first-order valence-corrected chi connectivity index (χ1v) is 10.5. The number of nitrogens with zero attached hydrogens (tertiary/aromatic N) is 3. The van der Waals surface area contributed by atoms with Gasteiger partial charge in [-0.25, -0.2) is 15.0 Å². The fraction of sp³-hybridized carbons (Fsp3) is 0.316. The van der Waals surface area contributed by atoms with Crippen LogP contribution in [0.1, 0.15) is 12.8 Å². The predicted molar refractivity (Wildman–Crippen MR) is 106 cm³/mol. The first-order chi connectivity index (χ1) is 12.8. The fourth-order valence-corrected chi connectivity index (χ4v) is 5.34. The van der Waals surface area contributed by atoms with Crippen molar-refractivity contribution in [3.63, 3.8) is 0 Å². The highest BCUT2D eigenvalue weighted by Gasteiger charge is 2.58. The smallest absolute Gasteiger partial charge is 0.223 e. The molecular weight excluding hydrogens is 364 g/mol. The monoisotopic (exact) mass is 382 g/mol. The molecule has 2 fully saturated rings. The highest BCUT2D eigenvalue weighted by atomic mass is 32.2. The van der Waals surface area contributed by atoms with Crippen molar-refractivity contribution < 1.29 is 4.74 Å². The van der Waals surface area contributed by atoms with Gasteiger partial charge in [-0.3, -0.25) is 0 Å². The zero-order valence-electron chi connectivity index (χ0n) is 14.1. The van der Waals surface area contributed by atoms with E-state index >= 15 is 0 Å². The van der Waals surface area contributed by atoms with Gasteiger partial charge in [0.05, 0.1) is 10.9 Å². The molecule has 2 aromatic heterocycles. The van der Waals surface area contributed by atoms with Crippen molar-refractivity contribution >= 4 is 29.0 Å². The predicted octanol–water partition coefficient (Wildman–Crippen LogP) is 4.30. The minimum Gasteiger partial charge on any atom is -0.363 e. The third kappa shape index (κ3) is 3.11. The Balaban J connectivity index is 1.29. The highest BCUT2D eigenvalue weighted by molar-refractivity contribution is 8.08. The normalized spacial score (nSPS) is 24.1. The summed E-state index contributed by atoms with van der Waals surface area (Å²) in [5.74, 6) is 0.650. The van der Waals surface area contributed by atoms with Gasteiger partial charge < -0.3 is 10.1 Å². The van der Waals surface area contributed by atoms with E-state index in [-0.39, 0.29) is 4.93 Å². The molecule has 5 nitrogen and oxygen atoms in total. The lowest BCUT2D eigenvalue weighted by atomic mass is 10.2. The summed E-state index contributed by atoms with van der Waals surface area (Å²) in [6.07, 6.45) is 4.11. The summed E-state index contributed by atoms with van der Waals surface area (Å²) in [5.41, 5.74) is 2.86. The van der Waals surface area contributed by atoms with Gasteiger partial charge in [0.15, 0.2) is 0 Å². The van der Waals surface area contributed by atoms with Gasteiger partial charge in [-0.05, 0) is 18.9 Å². The van der Waals surface area contributed by atoms with Crippen LogP contribution in [0.4, 0.5) is 5.95 Å². The lowest BCUT2D eigenvalue weighted by Gasteiger charge is -2.07. The average molecular weight is 383 g/mol. The Labute approximate surface area is 160 Å². The van der Waals surface area contributed by atoms with Gasteiger partial charge in [-0.1, -0.05) is 30.3 Å². The molecule has 1 spiro atoms. The van der Waals surface area contributed by atoms with Crippen molar-refractivity contribution in [2.24, 2.45) is 0 Å². The van der Waals surface area contributed by atoms with E-state index in [2.05, 4.69) is 27.4 Å². The highest BCUT2D eigenvalue weighted by Crippen LogP contribution is 2.59. The number of thiazole rings is 1. The van der Waals surface area contributed by atoms with E-state index in [1.165, 1.54) is 6.42 Å². The van der Waals surface area contributed by atoms with Gasteiger partial charge in [0, 0.05) is 30.3 Å². The molecule has 3 aromatic rings. The van der Waals surface area contributed by atoms with Gasteiger partial charge in [0.25, 0.3) is 0 Å². The maximum atomic E-state index is 5.86. The van der Waals surface area contributed by atoms with Crippen LogP contribution in [0.3, 0.4) is 0 Å². The number of thioether (sulfide) groups is 1. The summed E-state index contributed by atoms with van der Waals surface area (Å²) in [6, 6.07) is 12.1. The lowest BCUT2D eigenvalue weighted by molar-refractivity contribution is 0.109. The van der Waals surface area contributed by atoms with E-state index in [0.717, 1.165) is 41.5 Å². The SMILES string of the molecule is c1ccc(-c2nc(-c3ccnc(NC[C@H]4SC45CCCO5)n3)cs2)cc1. The van der Waals surface area contributed by atoms with Crippen LogP contribution in [0.5, 0.6) is 0 Å². The van der Waals surface area contributed by atoms with E-state index < -0.39 is 0 Å². The van der Waals surface area contributed by atoms with Gasteiger partial charge in [0.2, 0.25) is 5.95 Å². The molecule has 0 radical (unpaired) electrons. The first-order valence-electron chi connectivity index (χ1n) is 8.72. The lowest BCUT2D eigenvalue weighted by Crippen LogP contribution is -2.20. The van der Waals surface area contributed by atoms with Crippen LogP contribution >= 0.6 is 23.1 Å². The van der Waals surface area contributed by atoms with Crippen LogP contribution in [-0.4, -0.2) is 38.3 Å². The summed E-state index contributed by atoms with van der Waals surface area (Å²) >= 11 is 3.55. The molecule has 2 atom stereocenters. The minimum absolute atomic E-state index is 0.0735. The second-order valence-corrected chi connectivity index (χ2v) is 8.77. The van der Waals surface area contributed by atoms with Crippen molar-refractivity contribution in [1.82, 2.24) is 15.0 Å². The summed E-state index contributed by atoms with van der Waals surface area (Å²) in [4.78, 5) is 13.8. The van der Waals surface area contributed by atoms with E-state index in [0.29, 0.717) is 11.2 Å². The van der Waals surface area contributed by atoms with Gasteiger partial charge >= 0.3 is 0 Å². The Kier molecular flexibility index (Phi) is 4.15. The molecule has 2 aliphatic rings. The quantitative estimate of drug-likeness (QED) is 0.664.